The highest BCUT2D eigenvalue weighted by Crippen LogP contribution is 2.28. The zero-order valence-electron chi connectivity index (χ0n) is 16.6. The maximum Gasteiger partial charge on any atom is 0.311 e. The van der Waals surface area contributed by atoms with E-state index in [9.17, 15) is 19.2 Å². The second kappa shape index (κ2) is 11.0. The van der Waals surface area contributed by atoms with Gasteiger partial charge in [0.1, 0.15) is 5.75 Å². The summed E-state index contributed by atoms with van der Waals surface area (Å²) < 4.78 is 15.0. The van der Waals surface area contributed by atoms with Crippen LogP contribution in [0.3, 0.4) is 0 Å². The van der Waals surface area contributed by atoms with E-state index in [-0.39, 0.29) is 37.8 Å². The molecule has 1 aromatic rings. The molecule has 1 aliphatic heterocycles. The topological polar surface area (TPSA) is 111 Å². The van der Waals surface area contributed by atoms with E-state index in [1.807, 2.05) is 0 Å². The lowest BCUT2D eigenvalue weighted by molar-refractivity contribution is -0.152. The van der Waals surface area contributed by atoms with Crippen molar-refractivity contribution >= 4 is 29.4 Å². The Bertz CT molecular complexity index is 750. The normalized spacial score (nSPS) is 15.7. The molecule has 0 aromatic heterocycles. The lowest BCUT2D eigenvalue weighted by atomic mass is 10.1. The van der Waals surface area contributed by atoms with E-state index in [2.05, 4.69) is 5.32 Å². The van der Waals surface area contributed by atoms with E-state index in [0.717, 1.165) is 0 Å². The Labute approximate surface area is 169 Å². The van der Waals surface area contributed by atoms with Crippen LogP contribution in [-0.2, 0) is 28.7 Å². The van der Waals surface area contributed by atoms with Gasteiger partial charge in [0.2, 0.25) is 5.91 Å². The first-order chi connectivity index (χ1) is 13.9. The van der Waals surface area contributed by atoms with Gasteiger partial charge >= 0.3 is 11.9 Å². The molecule has 1 aromatic carbocycles. The maximum absolute atomic E-state index is 12.3. The Morgan fingerprint density at radius 3 is 2.76 bits per heavy atom. The van der Waals surface area contributed by atoms with Gasteiger partial charge in [-0.25, -0.2) is 0 Å². The highest BCUT2D eigenvalue weighted by molar-refractivity contribution is 5.99. The predicted molar refractivity (Wildman–Crippen MR) is 103 cm³/mol. The fourth-order valence-electron chi connectivity index (χ4n) is 2.89. The third kappa shape index (κ3) is 6.78. The summed E-state index contributed by atoms with van der Waals surface area (Å²) in [5.41, 5.74) is 0.643. The molecule has 1 heterocycles. The molecule has 2 rings (SSSR count). The Morgan fingerprint density at radius 2 is 2.03 bits per heavy atom. The summed E-state index contributed by atoms with van der Waals surface area (Å²) in [4.78, 5) is 48.9. The van der Waals surface area contributed by atoms with Crippen molar-refractivity contribution in [1.82, 2.24) is 5.32 Å². The first-order valence-electron chi connectivity index (χ1n) is 9.48. The van der Waals surface area contributed by atoms with E-state index in [1.54, 1.807) is 31.2 Å². The van der Waals surface area contributed by atoms with Crippen molar-refractivity contribution in [2.24, 2.45) is 5.92 Å². The highest BCUT2D eigenvalue weighted by atomic mass is 16.5. The molecule has 1 saturated heterocycles. The van der Waals surface area contributed by atoms with Crippen molar-refractivity contribution in [3.63, 3.8) is 0 Å². The summed E-state index contributed by atoms with van der Waals surface area (Å²) in [5.74, 6) is -1.59. The number of hydrogen-bond acceptors (Lipinski definition) is 7. The lowest BCUT2D eigenvalue weighted by Crippen LogP contribution is -2.32. The number of carbonyl (C=O) groups excluding carboxylic acids is 4. The van der Waals surface area contributed by atoms with Crippen LogP contribution in [0.1, 0.15) is 26.2 Å². The number of methoxy groups -OCH3 is 1. The number of anilines is 1. The second-order valence-electron chi connectivity index (χ2n) is 6.47. The van der Waals surface area contributed by atoms with Gasteiger partial charge in [-0.2, -0.15) is 0 Å². The standard InChI is InChI=1S/C20H26N2O7/c1-3-28-19(25)8-5-9-21-17(23)13-29-20(26)14-10-18(24)22(12-14)15-6-4-7-16(11-15)27-2/h4,6-7,11,14H,3,5,8-10,12-13H2,1-2H3,(H,21,23). The lowest BCUT2D eigenvalue weighted by Gasteiger charge is -2.17. The number of hydrogen-bond donors (Lipinski definition) is 1. The number of nitrogens with one attached hydrogen (secondary N) is 1. The van der Waals surface area contributed by atoms with Crippen LogP contribution in [0.5, 0.6) is 5.75 Å². The van der Waals surface area contributed by atoms with Crippen LogP contribution in [0.25, 0.3) is 0 Å². The molecule has 0 spiro atoms. The number of carbonyl (C=O) groups is 4. The third-order valence-corrected chi connectivity index (χ3v) is 4.35. The minimum absolute atomic E-state index is 0.0250. The van der Waals surface area contributed by atoms with Gasteiger partial charge in [0, 0.05) is 37.7 Å². The minimum Gasteiger partial charge on any atom is -0.497 e. The van der Waals surface area contributed by atoms with Crippen LogP contribution in [0, 0.1) is 5.92 Å². The number of rotatable bonds is 10. The van der Waals surface area contributed by atoms with Crippen LogP contribution in [0.4, 0.5) is 5.69 Å². The van der Waals surface area contributed by atoms with Crippen molar-refractivity contribution in [1.29, 1.82) is 0 Å². The summed E-state index contributed by atoms with van der Waals surface area (Å²) in [5, 5.41) is 2.57. The van der Waals surface area contributed by atoms with Gasteiger partial charge in [-0.15, -0.1) is 0 Å². The van der Waals surface area contributed by atoms with E-state index >= 15 is 0 Å². The van der Waals surface area contributed by atoms with Gasteiger partial charge in [-0.05, 0) is 25.5 Å². The summed E-state index contributed by atoms with van der Waals surface area (Å²) in [6.07, 6.45) is 0.667. The Kier molecular flexibility index (Phi) is 8.45. The first kappa shape index (κ1) is 22.2. The molecule has 0 saturated carbocycles. The molecular formula is C20H26N2O7. The maximum atomic E-state index is 12.3. The molecule has 1 aliphatic rings. The van der Waals surface area contributed by atoms with Gasteiger partial charge in [0.15, 0.2) is 6.61 Å². The van der Waals surface area contributed by atoms with Crippen molar-refractivity contribution < 1.29 is 33.4 Å². The molecule has 1 fully saturated rings. The van der Waals surface area contributed by atoms with Gasteiger partial charge in [0.25, 0.3) is 5.91 Å². The predicted octanol–water partition coefficient (Wildman–Crippen LogP) is 1.05. The molecule has 1 atom stereocenters. The number of esters is 2. The summed E-state index contributed by atoms with van der Waals surface area (Å²) in [7, 11) is 1.53. The molecular weight excluding hydrogens is 380 g/mol. The Morgan fingerprint density at radius 1 is 1.24 bits per heavy atom. The van der Waals surface area contributed by atoms with Crippen molar-refractivity contribution in [2.45, 2.75) is 26.2 Å². The zero-order valence-corrected chi connectivity index (χ0v) is 16.6. The van der Waals surface area contributed by atoms with E-state index in [0.29, 0.717) is 24.5 Å². The van der Waals surface area contributed by atoms with Crippen molar-refractivity contribution in [3.8, 4) is 5.75 Å². The number of ether oxygens (including phenoxy) is 3. The fraction of sp³-hybridized carbons (Fsp3) is 0.500. The zero-order chi connectivity index (χ0) is 21.2. The van der Waals surface area contributed by atoms with E-state index < -0.39 is 24.4 Å². The number of nitrogens with zero attached hydrogens (tertiary/aromatic N) is 1. The van der Waals surface area contributed by atoms with Crippen LogP contribution >= 0.6 is 0 Å². The average molecular weight is 406 g/mol. The number of amides is 2. The van der Waals surface area contributed by atoms with Gasteiger partial charge in [0.05, 0.1) is 19.6 Å². The molecule has 29 heavy (non-hydrogen) atoms. The molecule has 1 N–H and O–H groups in total. The van der Waals surface area contributed by atoms with Crippen LogP contribution < -0.4 is 15.0 Å². The Balaban J connectivity index is 1.73. The molecule has 0 aliphatic carbocycles. The molecule has 158 valence electrons. The SMILES string of the molecule is CCOC(=O)CCCNC(=O)COC(=O)C1CC(=O)N(c2cccc(OC)c2)C1. The quantitative estimate of drug-likeness (QED) is 0.457. The molecule has 2 amide bonds. The van der Waals surface area contributed by atoms with Gasteiger partial charge < -0.3 is 24.4 Å². The highest BCUT2D eigenvalue weighted by Gasteiger charge is 2.36. The van der Waals surface area contributed by atoms with E-state index in [1.165, 1.54) is 12.0 Å². The summed E-state index contributed by atoms with van der Waals surface area (Å²) in [6, 6.07) is 7.01. The van der Waals surface area contributed by atoms with Crippen molar-refractivity contribution in [2.75, 3.05) is 38.3 Å². The second-order valence-corrected chi connectivity index (χ2v) is 6.47. The molecule has 9 nitrogen and oxygen atoms in total. The fourth-order valence-corrected chi connectivity index (χ4v) is 2.89. The molecule has 0 radical (unpaired) electrons. The van der Waals surface area contributed by atoms with Crippen LogP contribution in [0.15, 0.2) is 24.3 Å². The summed E-state index contributed by atoms with van der Waals surface area (Å²) in [6.45, 7) is 2.08. The average Bonchev–Trinajstić information content (AvgIpc) is 3.11. The number of benzene rings is 1. The molecule has 0 bridgehead atoms. The van der Waals surface area contributed by atoms with E-state index in [4.69, 9.17) is 14.2 Å². The first-order valence-corrected chi connectivity index (χ1v) is 9.48. The Hall–Kier alpha value is -3.10. The van der Waals surface area contributed by atoms with Crippen molar-refractivity contribution in [3.05, 3.63) is 24.3 Å². The molecule has 9 heteroatoms. The smallest absolute Gasteiger partial charge is 0.311 e. The third-order valence-electron chi connectivity index (χ3n) is 4.35. The summed E-state index contributed by atoms with van der Waals surface area (Å²) >= 11 is 0. The molecule has 1 unspecified atom stereocenters. The van der Waals surface area contributed by atoms with Crippen LogP contribution in [-0.4, -0.2) is 57.2 Å². The van der Waals surface area contributed by atoms with Crippen LogP contribution in [0.2, 0.25) is 0 Å². The van der Waals surface area contributed by atoms with Gasteiger partial charge in [-0.3, -0.25) is 19.2 Å². The van der Waals surface area contributed by atoms with Gasteiger partial charge in [-0.1, -0.05) is 6.07 Å². The largest absolute Gasteiger partial charge is 0.497 e. The minimum atomic E-state index is -0.634. The monoisotopic (exact) mass is 406 g/mol.